The molecule has 0 bridgehead atoms. The van der Waals surface area contributed by atoms with Gasteiger partial charge in [-0.05, 0) is 24.1 Å². The van der Waals surface area contributed by atoms with Crippen molar-refractivity contribution < 1.29 is 14.6 Å². The van der Waals surface area contributed by atoms with Gasteiger partial charge in [0.15, 0.2) is 0 Å². The lowest BCUT2D eigenvalue weighted by atomic mass is 10.1. The molecule has 0 amide bonds. The Hall–Kier alpha value is -1.00. The maximum atomic E-state index is 11.2. The molecule has 1 rings (SSSR count). The molecule has 3 nitrogen and oxygen atoms in total. The van der Waals surface area contributed by atoms with Crippen LogP contribution in [0.1, 0.15) is 29.3 Å². The van der Waals surface area contributed by atoms with Crippen LogP contribution in [0, 0.1) is 0 Å². The lowest BCUT2D eigenvalue weighted by molar-refractivity contribution is 0.0600. The van der Waals surface area contributed by atoms with Crippen molar-refractivity contribution in [2.24, 2.45) is 0 Å². The first kappa shape index (κ1) is 14.1. The summed E-state index contributed by atoms with van der Waals surface area (Å²) >= 11 is 1.80. The van der Waals surface area contributed by atoms with Gasteiger partial charge in [-0.25, -0.2) is 4.79 Å². The number of aliphatic hydroxyl groups excluding tert-OH is 1. The van der Waals surface area contributed by atoms with Crippen LogP contribution < -0.4 is 0 Å². The van der Waals surface area contributed by atoms with E-state index in [-0.39, 0.29) is 12.6 Å². The molecule has 1 N–H and O–H groups in total. The maximum absolute atomic E-state index is 11.2. The van der Waals surface area contributed by atoms with E-state index in [0.29, 0.717) is 10.8 Å². The molecule has 0 heterocycles. The largest absolute Gasteiger partial charge is 0.465 e. The topological polar surface area (TPSA) is 46.5 Å². The predicted octanol–water partition coefficient (Wildman–Crippen LogP) is 2.48. The summed E-state index contributed by atoms with van der Waals surface area (Å²) in [5.41, 5.74) is 1.75. The van der Waals surface area contributed by atoms with E-state index in [1.54, 1.807) is 23.9 Å². The Labute approximate surface area is 106 Å². The third-order valence-corrected chi connectivity index (χ3v) is 3.75. The van der Waals surface area contributed by atoms with Crippen LogP contribution in [-0.4, -0.2) is 30.0 Å². The number of ether oxygens (including phenoxy) is 1. The molecule has 94 valence electrons. The van der Waals surface area contributed by atoms with Crippen molar-refractivity contribution in [3.63, 3.8) is 0 Å². The first-order chi connectivity index (χ1) is 8.17. The Morgan fingerprint density at radius 3 is 2.59 bits per heavy atom. The van der Waals surface area contributed by atoms with Gasteiger partial charge in [-0.2, -0.15) is 11.8 Å². The van der Waals surface area contributed by atoms with Crippen molar-refractivity contribution in [1.82, 2.24) is 0 Å². The van der Waals surface area contributed by atoms with E-state index in [9.17, 15) is 4.79 Å². The number of carbonyl (C=O) groups is 1. The molecule has 0 spiro atoms. The van der Waals surface area contributed by atoms with Crippen molar-refractivity contribution >= 4 is 17.7 Å². The van der Waals surface area contributed by atoms with Crippen LogP contribution in [0.4, 0.5) is 0 Å². The normalized spacial score (nSPS) is 12.2. The number of esters is 1. The highest BCUT2D eigenvalue weighted by Gasteiger charge is 2.05. The summed E-state index contributed by atoms with van der Waals surface area (Å²) < 4.78 is 4.63. The average Bonchev–Trinajstić information content (AvgIpc) is 2.36. The highest BCUT2D eigenvalue weighted by molar-refractivity contribution is 7.99. The van der Waals surface area contributed by atoms with E-state index in [2.05, 4.69) is 11.7 Å². The smallest absolute Gasteiger partial charge is 0.337 e. The summed E-state index contributed by atoms with van der Waals surface area (Å²) in [6, 6.07) is 7.42. The lowest BCUT2D eigenvalue weighted by Gasteiger charge is -2.09. The van der Waals surface area contributed by atoms with Crippen LogP contribution >= 0.6 is 11.8 Å². The first-order valence-electron chi connectivity index (χ1n) is 5.57. The number of rotatable bonds is 6. The average molecular weight is 254 g/mol. The van der Waals surface area contributed by atoms with Gasteiger partial charge in [-0.1, -0.05) is 19.1 Å². The van der Waals surface area contributed by atoms with Gasteiger partial charge in [0.1, 0.15) is 0 Å². The van der Waals surface area contributed by atoms with Gasteiger partial charge >= 0.3 is 5.97 Å². The lowest BCUT2D eigenvalue weighted by Crippen LogP contribution is -2.02. The zero-order valence-electron chi connectivity index (χ0n) is 10.2. The van der Waals surface area contributed by atoms with Crippen molar-refractivity contribution in [1.29, 1.82) is 0 Å². The fourth-order valence-corrected chi connectivity index (χ4v) is 2.30. The summed E-state index contributed by atoms with van der Waals surface area (Å²) in [5.74, 6) is 0.584. The molecule has 1 aromatic carbocycles. The number of thioether (sulfide) groups is 1. The number of methoxy groups -OCH3 is 1. The van der Waals surface area contributed by atoms with Crippen LogP contribution in [0.2, 0.25) is 0 Å². The van der Waals surface area contributed by atoms with Gasteiger partial charge < -0.3 is 9.84 Å². The first-order valence-corrected chi connectivity index (χ1v) is 6.62. The van der Waals surface area contributed by atoms with Gasteiger partial charge in [0.2, 0.25) is 0 Å². The summed E-state index contributed by atoms with van der Waals surface area (Å²) in [6.45, 7) is 2.33. The zero-order valence-corrected chi connectivity index (χ0v) is 11.0. The molecule has 0 aliphatic carbocycles. The minimum absolute atomic E-state index is 0.232. The minimum Gasteiger partial charge on any atom is -0.465 e. The number of hydrogen-bond acceptors (Lipinski definition) is 4. The van der Waals surface area contributed by atoms with Crippen molar-refractivity contribution in [3.05, 3.63) is 35.4 Å². The fraction of sp³-hybridized carbons (Fsp3) is 0.462. The molecule has 0 fully saturated rings. The predicted molar refractivity (Wildman–Crippen MR) is 70.2 cm³/mol. The van der Waals surface area contributed by atoms with E-state index < -0.39 is 0 Å². The molecule has 1 atom stereocenters. The van der Waals surface area contributed by atoms with Gasteiger partial charge in [-0.15, -0.1) is 0 Å². The van der Waals surface area contributed by atoms with Crippen molar-refractivity contribution in [2.75, 3.05) is 13.7 Å². The van der Waals surface area contributed by atoms with Gasteiger partial charge in [0, 0.05) is 17.6 Å². The van der Waals surface area contributed by atoms with Crippen LogP contribution in [0.3, 0.4) is 0 Å². The summed E-state index contributed by atoms with van der Waals surface area (Å²) in [5, 5.41) is 9.24. The second kappa shape index (κ2) is 7.35. The molecule has 4 heteroatoms. The van der Waals surface area contributed by atoms with Crippen LogP contribution in [0.25, 0.3) is 0 Å². The maximum Gasteiger partial charge on any atom is 0.337 e. The van der Waals surface area contributed by atoms with Crippen molar-refractivity contribution in [2.45, 2.75) is 24.3 Å². The molecule has 1 aromatic rings. The van der Waals surface area contributed by atoms with E-state index in [1.165, 1.54) is 12.7 Å². The number of carbonyl (C=O) groups excluding carboxylic acids is 1. The zero-order chi connectivity index (χ0) is 12.7. The molecule has 1 unspecified atom stereocenters. The number of aliphatic hydroxyl groups is 1. The Morgan fingerprint density at radius 2 is 2.06 bits per heavy atom. The van der Waals surface area contributed by atoms with E-state index >= 15 is 0 Å². The molecule has 0 aromatic heterocycles. The molecule has 0 aliphatic heterocycles. The molecular weight excluding hydrogens is 236 g/mol. The highest BCUT2D eigenvalue weighted by Crippen LogP contribution is 2.20. The second-order valence-electron chi connectivity index (χ2n) is 3.82. The van der Waals surface area contributed by atoms with E-state index in [1.807, 2.05) is 12.1 Å². The van der Waals surface area contributed by atoms with Gasteiger partial charge in [-0.3, -0.25) is 0 Å². The molecule has 0 saturated heterocycles. The minimum atomic E-state index is -0.308. The monoisotopic (exact) mass is 254 g/mol. The summed E-state index contributed by atoms with van der Waals surface area (Å²) in [6.07, 6.45) is 0.810. The summed E-state index contributed by atoms with van der Waals surface area (Å²) in [7, 11) is 1.38. The fourth-order valence-electron chi connectivity index (χ4n) is 1.36. The molecule has 0 aliphatic rings. The van der Waals surface area contributed by atoms with Crippen molar-refractivity contribution in [3.8, 4) is 0 Å². The molecular formula is C13H18O3S. The van der Waals surface area contributed by atoms with Crippen LogP contribution in [0.5, 0.6) is 0 Å². The highest BCUT2D eigenvalue weighted by atomic mass is 32.2. The second-order valence-corrected chi connectivity index (χ2v) is 5.25. The quantitative estimate of drug-likeness (QED) is 0.792. The third-order valence-electron chi connectivity index (χ3n) is 2.45. The molecule has 0 radical (unpaired) electrons. The summed E-state index contributed by atoms with van der Waals surface area (Å²) in [4.78, 5) is 11.2. The molecule has 17 heavy (non-hydrogen) atoms. The van der Waals surface area contributed by atoms with Crippen LogP contribution in [-0.2, 0) is 10.5 Å². The number of benzene rings is 1. The third kappa shape index (κ3) is 4.79. The Balaban J connectivity index is 2.48. The Kier molecular flexibility index (Phi) is 6.08. The van der Waals surface area contributed by atoms with E-state index in [4.69, 9.17) is 5.11 Å². The SMILES string of the molecule is COC(=O)c1ccc(CSC(C)CCO)cc1. The number of hydrogen-bond donors (Lipinski definition) is 1. The molecule has 0 saturated carbocycles. The van der Waals surface area contributed by atoms with E-state index in [0.717, 1.165) is 12.2 Å². The van der Waals surface area contributed by atoms with Gasteiger partial charge in [0.05, 0.1) is 12.7 Å². The van der Waals surface area contributed by atoms with Crippen LogP contribution in [0.15, 0.2) is 24.3 Å². The standard InChI is InChI=1S/C13H18O3S/c1-10(7-8-14)17-9-11-3-5-12(6-4-11)13(15)16-2/h3-6,10,14H,7-9H2,1-2H3. The Morgan fingerprint density at radius 1 is 1.41 bits per heavy atom. The Bertz CT molecular complexity index is 348. The van der Waals surface area contributed by atoms with Gasteiger partial charge in [0.25, 0.3) is 0 Å².